The number of hydrogen-bond donors (Lipinski definition) is 2. The summed E-state index contributed by atoms with van der Waals surface area (Å²) in [6.45, 7) is 0. The summed E-state index contributed by atoms with van der Waals surface area (Å²) in [4.78, 5) is 10.3. The first-order valence-electron chi connectivity index (χ1n) is 3.04. The van der Waals surface area contributed by atoms with E-state index in [9.17, 15) is 4.79 Å². The fourth-order valence-electron chi connectivity index (χ4n) is 0.708. The van der Waals surface area contributed by atoms with Crippen molar-refractivity contribution in [2.45, 2.75) is 0 Å². The van der Waals surface area contributed by atoms with Gasteiger partial charge in [-0.05, 0) is 40.8 Å². The Kier molecular flexibility index (Phi) is 3.33. The van der Waals surface area contributed by atoms with Gasteiger partial charge in [0.25, 0.3) is 0 Å². The summed E-state index contributed by atoms with van der Waals surface area (Å²) < 4.78 is 1.73. The van der Waals surface area contributed by atoms with E-state index in [2.05, 4.69) is 43.8 Å². The molecule has 1 aromatic rings. The highest BCUT2D eigenvalue weighted by molar-refractivity contribution is 14.1. The Bertz CT molecular complexity index is 316. The van der Waals surface area contributed by atoms with Gasteiger partial charge in [-0.1, -0.05) is 15.9 Å². The molecule has 1 amide bonds. The third-order valence-corrected chi connectivity index (χ3v) is 2.60. The highest BCUT2D eigenvalue weighted by Gasteiger charge is 2.02. The minimum Gasteiger partial charge on any atom is -0.465 e. The molecule has 0 bridgehead atoms. The number of anilines is 1. The molecule has 12 heavy (non-hydrogen) atoms. The van der Waals surface area contributed by atoms with E-state index in [4.69, 9.17) is 5.11 Å². The predicted molar refractivity (Wildman–Crippen MR) is 58.5 cm³/mol. The molecule has 0 heterocycles. The SMILES string of the molecule is O=C(O)Nc1cc(Br)ccc1I. The second-order valence-corrected chi connectivity index (χ2v) is 4.13. The number of nitrogens with one attached hydrogen (secondary N) is 1. The van der Waals surface area contributed by atoms with Crippen molar-refractivity contribution in [3.8, 4) is 0 Å². The van der Waals surface area contributed by atoms with E-state index in [-0.39, 0.29) is 0 Å². The van der Waals surface area contributed by atoms with Crippen molar-refractivity contribution >= 4 is 50.3 Å². The fourth-order valence-corrected chi connectivity index (χ4v) is 1.54. The van der Waals surface area contributed by atoms with Crippen LogP contribution in [0.25, 0.3) is 0 Å². The van der Waals surface area contributed by atoms with Gasteiger partial charge in [0, 0.05) is 8.04 Å². The first-order valence-corrected chi connectivity index (χ1v) is 4.92. The molecule has 64 valence electrons. The normalized spacial score (nSPS) is 9.50. The van der Waals surface area contributed by atoms with Crippen LogP contribution in [0, 0.1) is 3.57 Å². The van der Waals surface area contributed by atoms with Crippen LogP contribution in [0.15, 0.2) is 22.7 Å². The number of benzene rings is 1. The van der Waals surface area contributed by atoms with Gasteiger partial charge in [-0.25, -0.2) is 4.79 Å². The van der Waals surface area contributed by atoms with Gasteiger partial charge in [0.2, 0.25) is 0 Å². The first-order chi connectivity index (χ1) is 5.59. The van der Waals surface area contributed by atoms with Gasteiger partial charge in [-0.15, -0.1) is 0 Å². The predicted octanol–water partition coefficient (Wildman–Crippen LogP) is 3.14. The summed E-state index contributed by atoms with van der Waals surface area (Å²) in [6, 6.07) is 5.40. The van der Waals surface area contributed by atoms with Gasteiger partial charge in [0.1, 0.15) is 0 Å². The van der Waals surface area contributed by atoms with Crippen molar-refractivity contribution in [2.24, 2.45) is 0 Å². The maximum atomic E-state index is 10.3. The largest absolute Gasteiger partial charge is 0.465 e. The lowest BCUT2D eigenvalue weighted by Gasteiger charge is -2.03. The Labute approximate surface area is 91.4 Å². The fraction of sp³-hybridized carbons (Fsp3) is 0. The molecule has 0 aromatic heterocycles. The van der Waals surface area contributed by atoms with E-state index in [0.29, 0.717) is 5.69 Å². The Morgan fingerprint density at radius 1 is 1.58 bits per heavy atom. The third kappa shape index (κ3) is 2.63. The monoisotopic (exact) mass is 341 g/mol. The maximum absolute atomic E-state index is 10.3. The molecule has 1 aromatic carbocycles. The Morgan fingerprint density at radius 2 is 2.25 bits per heavy atom. The minimum atomic E-state index is -1.05. The zero-order valence-electron chi connectivity index (χ0n) is 5.84. The van der Waals surface area contributed by atoms with Crippen molar-refractivity contribution in [1.82, 2.24) is 0 Å². The Hall–Kier alpha value is -0.300. The molecular formula is C7H5BrINO2. The van der Waals surface area contributed by atoms with Gasteiger partial charge >= 0.3 is 6.09 Å². The van der Waals surface area contributed by atoms with Crippen molar-refractivity contribution in [2.75, 3.05) is 5.32 Å². The molecule has 0 unspecified atom stereocenters. The van der Waals surface area contributed by atoms with Crippen molar-refractivity contribution in [1.29, 1.82) is 0 Å². The van der Waals surface area contributed by atoms with Crippen LogP contribution < -0.4 is 5.32 Å². The molecule has 0 fully saturated rings. The molecular weight excluding hydrogens is 337 g/mol. The van der Waals surface area contributed by atoms with Crippen LogP contribution in [0.3, 0.4) is 0 Å². The molecule has 0 aliphatic heterocycles. The van der Waals surface area contributed by atoms with E-state index in [1.165, 1.54) is 0 Å². The summed E-state index contributed by atoms with van der Waals surface area (Å²) in [7, 11) is 0. The minimum absolute atomic E-state index is 0.595. The quantitative estimate of drug-likeness (QED) is 0.771. The third-order valence-electron chi connectivity index (χ3n) is 1.17. The van der Waals surface area contributed by atoms with Gasteiger partial charge in [-0.2, -0.15) is 0 Å². The summed E-state index contributed by atoms with van der Waals surface area (Å²) in [5.41, 5.74) is 0.595. The topological polar surface area (TPSA) is 49.3 Å². The molecule has 5 heteroatoms. The summed E-state index contributed by atoms with van der Waals surface area (Å²) in [5.74, 6) is 0. The molecule has 0 saturated carbocycles. The van der Waals surface area contributed by atoms with Crippen LogP contribution in [-0.2, 0) is 0 Å². The molecule has 0 atom stereocenters. The van der Waals surface area contributed by atoms with Crippen LogP contribution in [0.1, 0.15) is 0 Å². The van der Waals surface area contributed by atoms with Gasteiger partial charge < -0.3 is 5.11 Å². The van der Waals surface area contributed by atoms with Crippen molar-refractivity contribution in [3.63, 3.8) is 0 Å². The lowest BCUT2D eigenvalue weighted by Crippen LogP contribution is -2.08. The highest BCUT2D eigenvalue weighted by atomic mass is 127. The smallest absolute Gasteiger partial charge is 0.409 e. The standard InChI is InChI=1S/C7H5BrINO2/c8-4-1-2-5(9)6(3-4)10-7(11)12/h1-3,10H,(H,11,12). The van der Waals surface area contributed by atoms with Crippen molar-refractivity contribution < 1.29 is 9.90 Å². The molecule has 0 aliphatic carbocycles. The molecule has 0 spiro atoms. The summed E-state index contributed by atoms with van der Waals surface area (Å²) in [5, 5.41) is 10.7. The number of amides is 1. The zero-order chi connectivity index (χ0) is 9.14. The number of rotatable bonds is 1. The molecule has 3 nitrogen and oxygen atoms in total. The van der Waals surface area contributed by atoms with E-state index in [1.54, 1.807) is 6.07 Å². The van der Waals surface area contributed by atoms with E-state index >= 15 is 0 Å². The van der Waals surface area contributed by atoms with Gasteiger partial charge in [0.15, 0.2) is 0 Å². The molecule has 1 rings (SSSR count). The van der Waals surface area contributed by atoms with Crippen molar-refractivity contribution in [3.05, 3.63) is 26.2 Å². The van der Waals surface area contributed by atoms with Gasteiger partial charge in [0.05, 0.1) is 5.69 Å². The second-order valence-electron chi connectivity index (χ2n) is 2.05. The van der Waals surface area contributed by atoms with Crippen LogP contribution in [0.4, 0.5) is 10.5 Å². The number of carbonyl (C=O) groups is 1. The van der Waals surface area contributed by atoms with Crippen LogP contribution >= 0.6 is 38.5 Å². The number of hydrogen-bond acceptors (Lipinski definition) is 1. The van der Waals surface area contributed by atoms with Crippen LogP contribution in [0.5, 0.6) is 0 Å². The van der Waals surface area contributed by atoms with E-state index in [1.807, 2.05) is 12.1 Å². The summed E-state index contributed by atoms with van der Waals surface area (Å²) >= 11 is 5.31. The lowest BCUT2D eigenvalue weighted by atomic mass is 10.3. The second kappa shape index (κ2) is 4.08. The van der Waals surface area contributed by atoms with Crippen LogP contribution in [-0.4, -0.2) is 11.2 Å². The molecule has 2 N–H and O–H groups in total. The first kappa shape index (κ1) is 9.79. The number of halogens is 2. The lowest BCUT2D eigenvalue weighted by molar-refractivity contribution is 0.209. The van der Waals surface area contributed by atoms with E-state index in [0.717, 1.165) is 8.04 Å². The molecule has 0 saturated heterocycles. The molecule has 0 aliphatic rings. The Balaban J connectivity index is 2.97. The van der Waals surface area contributed by atoms with Gasteiger partial charge in [-0.3, -0.25) is 5.32 Å². The Morgan fingerprint density at radius 3 is 2.83 bits per heavy atom. The van der Waals surface area contributed by atoms with E-state index < -0.39 is 6.09 Å². The zero-order valence-corrected chi connectivity index (χ0v) is 9.59. The van der Waals surface area contributed by atoms with Crippen LogP contribution in [0.2, 0.25) is 0 Å². The maximum Gasteiger partial charge on any atom is 0.409 e. The highest BCUT2D eigenvalue weighted by Crippen LogP contribution is 2.22. The summed E-state index contributed by atoms with van der Waals surface area (Å²) in [6.07, 6.45) is -1.05. The molecule has 0 radical (unpaired) electrons. The average molecular weight is 342 g/mol. The number of carboxylic acid groups (broad SMARTS) is 1. The average Bonchev–Trinajstić information content (AvgIpc) is 1.96.